The maximum Gasteiger partial charge on any atom is 0.288 e. The summed E-state index contributed by atoms with van der Waals surface area (Å²) in [6.45, 7) is 0. The maximum atomic E-state index is 13.8. The first kappa shape index (κ1) is 20.7. The summed E-state index contributed by atoms with van der Waals surface area (Å²) in [5.74, 6) is -7.83. The molecule has 0 saturated heterocycles. The van der Waals surface area contributed by atoms with Crippen molar-refractivity contribution in [3.05, 3.63) is 83.7 Å². The van der Waals surface area contributed by atoms with Crippen molar-refractivity contribution in [1.29, 1.82) is 0 Å². The largest absolute Gasteiger partial charge is 0.355 e. The van der Waals surface area contributed by atoms with Crippen molar-refractivity contribution in [1.82, 2.24) is 0 Å². The average molecular weight is 424 g/mol. The number of amides is 1. The third-order valence-electron chi connectivity index (χ3n) is 3.81. The van der Waals surface area contributed by atoms with E-state index in [1.54, 1.807) is 30.3 Å². The van der Waals surface area contributed by atoms with Gasteiger partial charge in [-0.3, -0.25) is 4.79 Å². The molecule has 0 aliphatic heterocycles. The lowest BCUT2D eigenvalue weighted by molar-refractivity contribution is 0.102. The molecule has 0 unspecified atom stereocenters. The molecule has 0 saturated carbocycles. The highest BCUT2D eigenvalue weighted by molar-refractivity contribution is 7.99. The Morgan fingerprint density at radius 2 is 1.52 bits per heavy atom. The van der Waals surface area contributed by atoms with Gasteiger partial charge in [-0.2, -0.15) is 8.78 Å². The van der Waals surface area contributed by atoms with Crippen LogP contribution < -0.4 is 10.6 Å². The predicted molar refractivity (Wildman–Crippen MR) is 102 cm³/mol. The quantitative estimate of drug-likeness (QED) is 0.273. The molecular formula is C20H13F5N2OS. The molecule has 0 heterocycles. The van der Waals surface area contributed by atoms with Crippen LogP contribution in [0.15, 0.2) is 65.6 Å². The summed E-state index contributed by atoms with van der Waals surface area (Å²) >= 11 is 0.408. The first-order chi connectivity index (χ1) is 13.8. The Hall–Kier alpha value is -3.07. The van der Waals surface area contributed by atoms with Crippen LogP contribution >= 0.6 is 11.8 Å². The SMILES string of the molecule is O=C(Nc1ccc(F)c(F)c1F)c1ccccc1Nc1ccc(SC(F)F)cc1. The third-order valence-corrected chi connectivity index (χ3v) is 4.54. The van der Waals surface area contributed by atoms with Crippen LogP contribution in [0.2, 0.25) is 0 Å². The molecule has 0 fully saturated rings. The summed E-state index contributed by atoms with van der Waals surface area (Å²) in [5, 5.41) is 5.17. The van der Waals surface area contributed by atoms with E-state index in [0.717, 1.165) is 6.07 Å². The van der Waals surface area contributed by atoms with Crippen LogP contribution in [0.3, 0.4) is 0 Å². The number of alkyl halides is 2. The number of halogens is 5. The molecule has 0 spiro atoms. The molecule has 3 rings (SSSR count). The number of thioether (sulfide) groups is 1. The molecule has 0 aromatic heterocycles. The Morgan fingerprint density at radius 3 is 2.21 bits per heavy atom. The number of rotatable bonds is 6. The Balaban J connectivity index is 1.80. The topological polar surface area (TPSA) is 41.1 Å². The van der Waals surface area contributed by atoms with E-state index in [-0.39, 0.29) is 5.56 Å². The zero-order valence-electron chi connectivity index (χ0n) is 14.6. The molecule has 3 aromatic carbocycles. The first-order valence-electron chi connectivity index (χ1n) is 8.21. The number of hydrogen-bond acceptors (Lipinski definition) is 3. The normalized spacial score (nSPS) is 10.8. The van der Waals surface area contributed by atoms with Gasteiger partial charge in [0.1, 0.15) is 0 Å². The van der Waals surface area contributed by atoms with Crippen LogP contribution in [0.25, 0.3) is 0 Å². The minimum Gasteiger partial charge on any atom is -0.355 e. The molecule has 0 aliphatic carbocycles. The highest BCUT2D eigenvalue weighted by Gasteiger charge is 2.17. The van der Waals surface area contributed by atoms with Gasteiger partial charge in [0.2, 0.25) is 0 Å². The van der Waals surface area contributed by atoms with Gasteiger partial charge in [0.05, 0.1) is 16.9 Å². The van der Waals surface area contributed by atoms with Crippen LogP contribution in [0.5, 0.6) is 0 Å². The van der Waals surface area contributed by atoms with Gasteiger partial charge >= 0.3 is 0 Å². The van der Waals surface area contributed by atoms with Gasteiger partial charge in [-0.15, -0.1) is 0 Å². The second-order valence-corrected chi connectivity index (χ2v) is 6.81. The molecule has 0 bridgehead atoms. The fourth-order valence-corrected chi connectivity index (χ4v) is 2.98. The third kappa shape index (κ3) is 5.05. The van der Waals surface area contributed by atoms with E-state index in [9.17, 15) is 26.7 Å². The van der Waals surface area contributed by atoms with Crippen molar-refractivity contribution in [2.45, 2.75) is 10.7 Å². The molecule has 3 aromatic rings. The van der Waals surface area contributed by atoms with Gasteiger partial charge in [-0.05, 0) is 48.5 Å². The molecule has 2 N–H and O–H groups in total. The summed E-state index contributed by atoms with van der Waals surface area (Å²) in [7, 11) is 0. The molecule has 0 aliphatic rings. The fourth-order valence-electron chi connectivity index (χ4n) is 2.48. The summed E-state index contributed by atoms with van der Waals surface area (Å²) in [6.07, 6.45) is 0. The highest BCUT2D eigenvalue weighted by Crippen LogP contribution is 2.28. The van der Waals surface area contributed by atoms with E-state index in [1.807, 2.05) is 0 Å². The highest BCUT2D eigenvalue weighted by atomic mass is 32.2. The Kier molecular flexibility index (Phi) is 6.38. The summed E-state index contributed by atoms with van der Waals surface area (Å²) in [5.41, 5.74) is 0.491. The Morgan fingerprint density at radius 1 is 0.828 bits per heavy atom. The zero-order chi connectivity index (χ0) is 21.0. The van der Waals surface area contributed by atoms with E-state index in [0.29, 0.717) is 34.1 Å². The standard InChI is InChI=1S/C20H13F5N2OS/c21-14-9-10-16(18(23)17(14)22)27-19(28)13-3-1-2-4-15(13)26-11-5-7-12(8-6-11)29-20(24)25/h1-10,20,26H,(H,27,28). The number of benzene rings is 3. The van der Waals surface area contributed by atoms with Crippen LogP contribution in [-0.4, -0.2) is 11.7 Å². The summed E-state index contributed by atoms with van der Waals surface area (Å²) in [4.78, 5) is 12.9. The smallest absolute Gasteiger partial charge is 0.288 e. The zero-order valence-corrected chi connectivity index (χ0v) is 15.4. The van der Waals surface area contributed by atoms with E-state index in [2.05, 4.69) is 10.6 Å². The number of hydrogen-bond donors (Lipinski definition) is 2. The lowest BCUT2D eigenvalue weighted by atomic mass is 10.1. The molecule has 29 heavy (non-hydrogen) atoms. The van der Waals surface area contributed by atoms with Crippen molar-refractivity contribution in [3.63, 3.8) is 0 Å². The molecular weight excluding hydrogens is 411 g/mol. The van der Waals surface area contributed by atoms with Gasteiger partial charge < -0.3 is 10.6 Å². The van der Waals surface area contributed by atoms with Crippen molar-refractivity contribution in [2.75, 3.05) is 10.6 Å². The summed E-state index contributed by atoms with van der Waals surface area (Å²) in [6, 6.07) is 14.0. The van der Waals surface area contributed by atoms with Crippen LogP contribution in [0.1, 0.15) is 10.4 Å². The molecule has 1 amide bonds. The number of carbonyl (C=O) groups excluding carboxylic acids is 1. The molecule has 9 heteroatoms. The molecule has 0 atom stereocenters. The number of para-hydroxylation sites is 1. The monoisotopic (exact) mass is 424 g/mol. The van der Waals surface area contributed by atoms with Gasteiger partial charge in [0.15, 0.2) is 17.5 Å². The maximum absolute atomic E-state index is 13.8. The van der Waals surface area contributed by atoms with E-state index >= 15 is 0 Å². The average Bonchev–Trinajstić information content (AvgIpc) is 2.70. The van der Waals surface area contributed by atoms with Gasteiger partial charge in [-0.25, -0.2) is 13.2 Å². The van der Waals surface area contributed by atoms with E-state index in [4.69, 9.17) is 0 Å². The lowest BCUT2D eigenvalue weighted by Crippen LogP contribution is -2.15. The number of anilines is 3. The van der Waals surface area contributed by atoms with Gasteiger partial charge in [-0.1, -0.05) is 23.9 Å². The Bertz CT molecular complexity index is 1030. The van der Waals surface area contributed by atoms with Crippen molar-refractivity contribution in [3.8, 4) is 0 Å². The minimum atomic E-state index is -2.53. The molecule has 150 valence electrons. The number of nitrogens with one attached hydrogen (secondary N) is 2. The summed E-state index contributed by atoms with van der Waals surface area (Å²) < 4.78 is 65.0. The van der Waals surface area contributed by atoms with Crippen LogP contribution in [-0.2, 0) is 0 Å². The van der Waals surface area contributed by atoms with E-state index < -0.39 is 34.8 Å². The fraction of sp³-hybridized carbons (Fsp3) is 0.0500. The molecule has 3 nitrogen and oxygen atoms in total. The second kappa shape index (κ2) is 8.95. The van der Waals surface area contributed by atoms with Crippen molar-refractivity contribution < 1.29 is 26.7 Å². The molecule has 0 radical (unpaired) electrons. The van der Waals surface area contributed by atoms with E-state index in [1.165, 1.54) is 18.2 Å². The van der Waals surface area contributed by atoms with Crippen LogP contribution in [0, 0.1) is 17.5 Å². The second-order valence-electron chi connectivity index (χ2n) is 5.75. The number of carbonyl (C=O) groups is 1. The van der Waals surface area contributed by atoms with Gasteiger partial charge in [0.25, 0.3) is 11.7 Å². The lowest BCUT2D eigenvalue weighted by Gasteiger charge is -2.13. The van der Waals surface area contributed by atoms with Gasteiger partial charge in [0, 0.05) is 10.6 Å². The first-order valence-corrected chi connectivity index (χ1v) is 9.09. The minimum absolute atomic E-state index is 0.114. The van der Waals surface area contributed by atoms with Crippen molar-refractivity contribution >= 4 is 34.7 Å². The Labute approximate surface area is 166 Å². The predicted octanol–water partition coefficient (Wildman–Crippen LogP) is 6.41. The van der Waals surface area contributed by atoms with Crippen molar-refractivity contribution in [2.24, 2.45) is 0 Å². The van der Waals surface area contributed by atoms with Crippen LogP contribution in [0.4, 0.5) is 39.0 Å².